The van der Waals surface area contributed by atoms with Gasteiger partial charge in [-0.3, -0.25) is 0 Å². The summed E-state index contributed by atoms with van der Waals surface area (Å²) in [6.45, 7) is 19.5. The van der Waals surface area contributed by atoms with Gasteiger partial charge >= 0.3 is 0 Å². The van der Waals surface area contributed by atoms with Gasteiger partial charge in [0, 0.05) is 68.3 Å². The Morgan fingerprint density at radius 3 is 2.32 bits per heavy atom. The van der Waals surface area contributed by atoms with E-state index in [1.807, 2.05) is 39.0 Å². The molecule has 1 aromatic rings. The summed E-state index contributed by atoms with van der Waals surface area (Å²) >= 11 is 1.95. The lowest BCUT2D eigenvalue weighted by Crippen LogP contribution is -2.54. The molecule has 5 heterocycles. The number of aryl methyl sites for hydroxylation is 1. The molecule has 0 aromatic carbocycles. The van der Waals surface area contributed by atoms with Crippen molar-refractivity contribution in [3.8, 4) is 0 Å². The number of rotatable bonds is 3. The Bertz CT molecular complexity index is 917. The minimum atomic E-state index is 0.318. The van der Waals surface area contributed by atoms with E-state index >= 15 is 0 Å². The number of thiophene rings is 1. The van der Waals surface area contributed by atoms with Gasteiger partial charge in [-0.25, -0.2) is 0 Å². The Hall–Kier alpha value is -1.76. The zero-order valence-electron chi connectivity index (χ0n) is 22.0. The highest BCUT2D eigenvalue weighted by atomic mass is 32.1. The molecule has 0 bridgehead atoms. The van der Waals surface area contributed by atoms with Crippen LogP contribution in [-0.2, 0) is 0 Å². The highest BCUT2D eigenvalue weighted by Crippen LogP contribution is 2.44. The molecule has 1 atom stereocenters. The summed E-state index contributed by atoms with van der Waals surface area (Å²) in [6.07, 6.45) is 11.0. The molecule has 3 fully saturated rings. The molecular weight excluding hydrogens is 438 g/mol. The van der Waals surface area contributed by atoms with Crippen LogP contribution in [0.15, 0.2) is 35.6 Å². The lowest BCUT2D eigenvalue weighted by atomic mass is 9.81. The molecule has 6 heteroatoms. The lowest BCUT2D eigenvalue weighted by molar-refractivity contribution is 0.183. The summed E-state index contributed by atoms with van der Waals surface area (Å²) in [4.78, 5) is 8.09. The maximum absolute atomic E-state index is 3.86. The maximum Gasteiger partial charge on any atom is 0.0736 e. The monoisotopic (exact) mass is 483 g/mol. The number of allylic oxidation sites excluding steroid dienone is 3. The molecule has 0 radical (unpaired) electrons. The van der Waals surface area contributed by atoms with Gasteiger partial charge in [-0.1, -0.05) is 33.8 Å². The second-order valence-electron chi connectivity index (χ2n) is 9.69. The van der Waals surface area contributed by atoms with E-state index in [2.05, 4.69) is 57.0 Å². The highest BCUT2D eigenvalue weighted by molar-refractivity contribution is 7.13. The fourth-order valence-electron chi connectivity index (χ4n) is 5.73. The third-order valence-corrected chi connectivity index (χ3v) is 8.66. The Morgan fingerprint density at radius 1 is 0.941 bits per heavy atom. The average molecular weight is 484 g/mol. The van der Waals surface area contributed by atoms with Crippen molar-refractivity contribution in [3.05, 3.63) is 45.3 Å². The van der Waals surface area contributed by atoms with Gasteiger partial charge in [-0.15, -0.1) is 11.3 Å². The minimum absolute atomic E-state index is 0.318. The third-order valence-electron chi connectivity index (χ3n) is 7.58. The molecule has 1 spiro atoms. The fraction of sp³-hybridized carbons (Fsp3) is 0.643. The molecule has 3 N–H and O–H groups in total. The van der Waals surface area contributed by atoms with Gasteiger partial charge < -0.3 is 25.8 Å². The van der Waals surface area contributed by atoms with Crippen molar-refractivity contribution in [1.29, 1.82) is 0 Å². The van der Waals surface area contributed by atoms with Gasteiger partial charge in [0.1, 0.15) is 0 Å². The third kappa shape index (κ3) is 5.09. The van der Waals surface area contributed by atoms with E-state index in [1.165, 1.54) is 71.4 Å². The first kappa shape index (κ1) is 25.3. The van der Waals surface area contributed by atoms with Crippen LogP contribution >= 0.6 is 11.3 Å². The Kier molecular flexibility index (Phi) is 8.43. The van der Waals surface area contributed by atoms with Gasteiger partial charge in [0.05, 0.1) is 22.3 Å². The molecule has 1 aliphatic carbocycles. The van der Waals surface area contributed by atoms with Crippen LogP contribution in [0, 0.1) is 12.3 Å². The zero-order chi connectivity index (χ0) is 24.1. The molecule has 5 nitrogen and oxygen atoms in total. The topological polar surface area (TPSA) is 42.6 Å². The van der Waals surface area contributed by atoms with Gasteiger partial charge in [-0.2, -0.15) is 0 Å². The summed E-state index contributed by atoms with van der Waals surface area (Å²) in [6, 6.07) is 2.67. The molecule has 3 saturated heterocycles. The van der Waals surface area contributed by atoms with Gasteiger partial charge in [-0.05, 0) is 50.0 Å². The largest absolute Gasteiger partial charge is 0.374 e. The summed E-state index contributed by atoms with van der Waals surface area (Å²) < 4.78 is 0. The molecule has 0 saturated carbocycles. The van der Waals surface area contributed by atoms with Gasteiger partial charge in [0.2, 0.25) is 0 Å². The molecule has 188 valence electrons. The van der Waals surface area contributed by atoms with E-state index in [-0.39, 0.29) is 0 Å². The van der Waals surface area contributed by atoms with E-state index < -0.39 is 0 Å². The van der Waals surface area contributed by atoms with E-state index in [0.29, 0.717) is 11.5 Å². The van der Waals surface area contributed by atoms with Crippen LogP contribution in [-0.4, -0.2) is 68.2 Å². The highest BCUT2D eigenvalue weighted by Gasteiger charge is 2.44. The molecule has 4 aliphatic heterocycles. The standard InChI is InChI=1S/C24H33N5S.2C2H6/c1-17-12-21-23(30-17)22(29-9-6-24(16-29)14-26-15-24)13-20(27-21)18-2-4-19(5-3-18)28-10-7-25-8-11-28;2*1-2/h2,4,12-13,20,25-27H,3,5-11,14-16H2,1H3;2*1-2H3. The number of anilines is 1. The number of hydrogen-bond acceptors (Lipinski definition) is 6. The van der Waals surface area contributed by atoms with E-state index in [0.717, 1.165) is 32.6 Å². The van der Waals surface area contributed by atoms with Crippen LogP contribution in [0.2, 0.25) is 0 Å². The molecule has 1 aromatic heterocycles. The van der Waals surface area contributed by atoms with Crippen molar-refractivity contribution in [2.75, 3.05) is 57.7 Å². The summed E-state index contributed by atoms with van der Waals surface area (Å²) in [5.41, 5.74) is 6.39. The molecule has 6 rings (SSSR count). The van der Waals surface area contributed by atoms with Crippen LogP contribution in [0.4, 0.5) is 5.69 Å². The number of likely N-dealkylation sites (tertiary alicyclic amines) is 1. The first-order chi connectivity index (χ1) is 16.7. The number of nitrogens with one attached hydrogen (secondary N) is 3. The smallest absolute Gasteiger partial charge is 0.0736 e. The van der Waals surface area contributed by atoms with Crippen molar-refractivity contribution in [2.24, 2.45) is 5.41 Å². The zero-order valence-corrected chi connectivity index (χ0v) is 22.8. The van der Waals surface area contributed by atoms with Crippen molar-refractivity contribution >= 4 is 22.7 Å². The summed E-state index contributed by atoms with van der Waals surface area (Å²) in [7, 11) is 0. The van der Waals surface area contributed by atoms with Crippen LogP contribution in [0.1, 0.15) is 56.7 Å². The van der Waals surface area contributed by atoms with Crippen LogP contribution in [0.3, 0.4) is 0 Å². The predicted molar refractivity (Wildman–Crippen MR) is 148 cm³/mol. The quantitative estimate of drug-likeness (QED) is 0.562. The first-order valence-electron chi connectivity index (χ1n) is 13.6. The number of piperazine rings is 1. The Morgan fingerprint density at radius 2 is 1.71 bits per heavy atom. The van der Waals surface area contributed by atoms with Crippen molar-refractivity contribution in [3.63, 3.8) is 0 Å². The predicted octanol–water partition coefficient (Wildman–Crippen LogP) is 5.05. The van der Waals surface area contributed by atoms with Crippen LogP contribution < -0.4 is 16.0 Å². The lowest BCUT2D eigenvalue weighted by Gasteiger charge is -2.40. The Labute approximate surface area is 211 Å². The molecule has 34 heavy (non-hydrogen) atoms. The summed E-state index contributed by atoms with van der Waals surface area (Å²) in [5, 5.41) is 10.8. The average Bonchev–Trinajstić information content (AvgIpc) is 3.50. The first-order valence-corrected chi connectivity index (χ1v) is 14.4. The number of fused-ring (bicyclic) bond motifs is 1. The van der Waals surface area contributed by atoms with Gasteiger partial charge in [0.15, 0.2) is 0 Å². The minimum Gasteiger partial charge on any atom is -0.374 e. The van der Waals surface area contributed by atoms with Crippen molar-refractivity contribution in [1.82, 2.24) is 20.4 Å². The van der Waals surface area contributed by atoms with E-state index in [9.17, 15) is 0 Å². The molecule has 5 aliphatic rings. The normalized spacial score (nSPS) is 24.9. The molecular formula is C28H45N5S. The molecule has 1 unspecified atom stereocenters. The second-order valence-corrected chi connectivity index (χ2v) is 10.9. The van der Waals surface area contributed by atoms with Crippen molar-refractivity contribution in [2.45, 2.75) is 59.9 Å². The van der Waals surface area contributed by atoms with Gasteiger partial charge in [0.25, 0.3) is 0 Å². The molecule has 0 amide bonds. The Balaban J connectivity index is 0.000000652. The number of hydrogen-bond donors (Lipinski definition) is 3. The SMILES string of the molecule is CC.CC.Cc1cc2c(s1)C(N1CCC3(CNC3)C1)=CC(C1=CC=C(N3CCNCC3)CC1)N2. The fourth-order valence-corrected chi connectivity index (χ4v) is 6.76. The van der Waals surface area contributed by atoms with E-state index in [1.54, 1.807) is 0 Å². The van der Waals surface area contributed by atoms with Crippen LogP contribution in [0.25, 0.3) is 5.70 Å². The second kappa shape index (κ2) is 11.3. The van der Waals surface area contributed by atoms with E-state index in [4.69, 9.17) is 0 Å². The van der Waals surface area contributed by atoms with Crippen LogP contribution in [0.5, 0.6) is 0 Å². The number of nitrogens with zero attached hydrogens (tertiary/aromatic N) is 2. The van der Waals surface area contributed by atoms with Crippen molar-refractivity contribution < 1.29 is 0 Å². The maximum atomic E-state index is 3.86. The summed E-state index contributed by atoms with van der Waals surface area (Å²) in [5.74, 6) is 0.